The zero-order chi connectivity index (χ0) is 18.4. The van der Waals surface area contributed by atoms with E-state index in [2.05, 4.69) is 0 Å². The third-order valence-electron chi connectivity index (χ3n) is 4.96. The molecule has 4 nitrogen and oxygen atoms in total. The van der Waals surface area contributed by atoms with E-state index in [1.54, 1.807) is 6.07 Å². The summed E-state index contributed by atoms with van der Waals surface area (Å²) < 4.78 is 0. The Kier molecular flexibility index (Phi) is 3.99. The summed E-state index contributed by atoms with van der Waals surface area (Å²) in [6, 6.07) is 13.2. The van der Waals surface area contributed by atoms with Crippen LogP contribution in [-0.4, -0.2) is 21.2 Å². The number of carboxylic acid groups (broad SMARTS) is 1. The molecule has 1 aromatic heterocycles. The average Bonchev–Trinajstić information content (AvgIpc) is 2.58. The minimum absolute atomic E-state index is 0.0906. The highest BCUT2D eigenvalue weighted by Crippen LogP contribution is 2.40. The molecule has 1 heterocycles. The fourth-order valence-corrected chi connectivity index (χ4v) is 3.20. The van der Waals surface area contributed by atoms with E-state index in [-0.39, 0.29) is 11.3 Å². The molecule has 0 spiro atoms. The first-order valence-corrected chi connectivity index (χ1v) is 8.17. The topological polar surface area (TPSA) is 70.4 Å². The lowest BCUT2D eigenvalue weighted by Gasteiger charge is -2.27. The van der Waals surface area contributed by atoms with Gasteiger partial charge < -0.3 is 10.2 Å². The standard InChI is InChI=1S/C21H21NO3/c1-12-10-11-15-16(20(24)25)18(23)19(22-17(15)13(12)2)21(3,4)14-8-6-5-7-9-14/h5-11,23H,1-4H3,(H,24,25). The molecule has 128 valence electrons. The summed E-state index contributed by atoms with van der Waals surface area (Å²) in [4.78, 5) is 16.6. The maximum Gasteiger partial charge on any atom is 0.340 e. The Hall–Kier alpha value is -2.88. The summed E-state index contributed by atoms with van der Waals surface area (Å²) in [5.41, 5.74) is 3.17. The third-order valence-corrected chi connectivity index (χ3v) is 4.96. The fourth-order valence-electron chi connectivity index (χ4n) is 3.20. The third kappa shape index (κ3) is 2.64. The van der Waals surface area contributed by atoms with Gasteiger partial charge in [-0.25, -0.2) is 9.78 Å². The van der Waals surface area contributed by atoms with E-state index in [1.807, 2.05) is 64.1 Å². The van der Waals surface area contributed by atoms with Gasteiger partial charge >= 0.3 is 5.97 Å². The molecule has 0 fully saturated rings. The van der Waals surface area contributed by atoms with E-state index >= 15 is 0 Å². The Balaban J connectivity index is 2.42. The summed E-state index contributed by atoms with van der Waals surface area (Å²) in [7, 11) is 0. The molecule has 4 heteroatoms. The van der Waals surface area contributed by atoms with Crippen LogP contribution in [0.1, 0.15) is 46.6 Å². The van der Waals surface area contributed by atoms with E-state index < -0.39 is 11.4 Å². The van der Waals surface area contributed by atoms with Crippen LogP contribution in [0.4, 0.5) is 0 Å². The van der Waals surface area contributed by atoms with Gasteiger partial charge in [-0.1, -0.05) is 56.3 Å². The number of benzene rings is 2. The van der Waals surface area contributed by atoms with Crippen molar-refractivity contribution >= 4 is 16.9 Å². The molecule has 0 radical (unpaired) electrons. The average molecular weight is 335 g/mol. The fraction of sp³-hybridized carbons (Fsp3) is 0.238. The van der Waals surface area contributed by atoms with E-state index in [4.69, 9.17) is 4.98 Å². The minimum Gasteiger partial charge on any atom is -0.505 e. The quantitative estimate of drug-likeness (QED) is 0.735. The van der Waals surface area contributed by atoms with Crippen molar-refractivity contribution in [2.45, 2.75) is 33.1 Å². The van der Waals surface area contributed by atoms with Gasteiger partial charge in [0.05, 0.1) is 11.2 Å². The predicted molar refractivity (Wildman–Crippen MR) is 98.4 cm³/mol. The molecular weight excluding hydrogens is 314 g/mol. The van der Waals surface area contributed by atoms with Gasteiger partial charge in [-0.2, -0.15) is 0 Å². The highest BCUT2D eigenvalue weighted by atomic mass is 16.4. The van der Waals surface area contributed by atoms with Crippen LogP contribution in [0.15, 0.2) is 42.5 Å². The number of hydrogen-bond donors (Lipinski definition) is 2. The van der Waals surface area contributed by atoms with Crippen LogP contribution in [0.2, 0.25) is 0 Å². The number of fused-ring (bicyclic) bond motifs is 1. The van der Waals surface area contributed by atoms with Crippen molar-refractivity contribution in [2.75, 3.05) is 0 Å². The number of aryl methyl sites for hydroxylation is 2. The highest BCUT2D eigenvalue weighted by Gasteiger charge is 2.32. The second-order valence-corrected chi connectivity index (χ2v) is 6.88. The van der Waals surface area contributed by atoms with Crippen molar-refractivity contribution in [3.05, 3.63) is 70.4 Å². The van der Waals surface area contributed by atoms with E-state index in [9.17, 15) is 15.0 Å². The molecular formula is C21H21NO3. The molecule has 0 saturated carbocycles. The normalized spacial score (nSPS) is 11.7. The molecule has 0 atom stereocenters. The highest BCUT2D eigenvalue weighted by molar-refractivity contribution is 6.06. The Bertz CT molecular complexity index is 976. The van der Waals surface area contributed by atoms with Gasteiger partial charge in [0.1, 0.15) is 5.56 Å². The Morgan fingerprint density at radius 1 is 1.04 bits per heavy atom. The van der Waals surface area contributed by atoms with Crippen LogP contribution < -0.4 is 0 Å². The van der Waals surface area contributed by atoms with Gasteiger partial charge in [0.25, 0.3) is 0 Å². The molecule has 0 aliphatic carbocycles. The van der Waals surface area contributed by atoms with Crippen molar-refractivity contribution < 1.29 is 15.0 Å². The van der Waals surface area contributed by atoms with Gasteiger partial charge in [-0.05, 0) is 30.5 Å². The molecule has 2 aromatic carbocycles. The number of nitrogens with zero attached hydrogens (tertiary/aromatic N) is 1. The molecule has 0 aliphatic heterocycles. The molecule has 0 aliphatic rings. The maximum atomic E-state index is 11.9. The molecule has 0 bridgehead atoms. The van der Waals surface area contributed by atoms with Crippen molar-refractivity contribution in [3.63, 3.8) is 0 Å². The number of aromatic carboxylic acids is 1. The second kappa shape index (κ2) is 5.88. The van der Waals surface area contributed by atoms with Gasteiger partial charge in [0, 0.05) is 10.8 Å². The van der Waals surface area contributed by atoms with Gasteiger partial charge in [-0.15, -0.1) is 0 Å². The van der Waals surface area contributed by atoms with Gasteiger partial charge in [0.15, 0.2) is 5.75 Å². The zero-order valence-corrected chi connectivity index (χ0v) is 14.8. The Labute approximate surface area is 146 Å². The molecule has 0 amide bonds. The number of hydrogen-bond acceptors (Lipinski definition) is 3. The monoisotopic (exact) mass is 335 g/mol. The molecule has 25 heavy (non-hydrogen) atoms. The van der Waals surface area contributed by atoms with Crippen LogP contribution in [0, 0.1) is 13.8 Å². The van der Waals surface area contributed by atoms with Crippen LogP contribution >= 0.6 is 0 Å². The number of aromatic hydroxyl groups is 1. The van der Waals surface area contributed by atoms with E-state index in [1.165, 1.54) is 0 Å². The van der Waals surface area contributed by atoms with Crippen LogP contribution in [0.3, 0.4) is 0 Å². The Morgan fingerprint density at radius 2 is 1.68 bits per heavy atom. The molecule has 0 unspecified atom stereocenters. The lowest BCUT2D eigenvalue weighted by Crippen LogP contribution is -2.22. The van der Waals surface area contributed by atoms with Crippen LogP contribution in [0.25, 0.3) is 10.9 Å². The molecule has 2 N–H and O–H groups in total. The van der Waals surface area contributed by atoms with E-state index in [0.29, 0.717) is 16.6 Å². The number of pyridine rings is 1. The van der Waals surface area contributed by atoms with Crippen LogP contribution in [0.5, 0.6) is 5.75 Å². The first-order chi connectivity index (χ1) is 11.7. The largest absolute Gasteiger partial charge is 0.505 e. The summed E-state index contributed by atoms with van der Waals surface area (Å²) in [5.74, 6) is -1.42. The Morgan fingerprint density at radius 3 is 2.28 bits per heavy atom. The number of aromatic nitrogens is 1. The lowest BCUT2D eigenvalue weighted by molar-refractivity contribution is 0.0695. The van der Waals surface area contributed by atoms with Crippen molar-refractivity contribution in [1.29, 1.82) is 0 Å². The lowest BCUT2D eigenvalue weighted by atomic mass is 9.79. The first kappa shape index (κ1) is 17.0. The van der Waals surface area contributed by atoms with Crippen molar-refractivity contribution in [3.8, 4) is 5.75 Å². The van der Waals surface area contributed by atoms with Gasteiger partial charge in [-0.3, -0.25) is 0 Å². The summed E-state index contributed by atoms with van der Waals surface area (Å²) in [5, 5.41) is 20.9. The van der Waals surface area contributed by atoms with Crippen molar-refractivity contribution in [2.24, 2.45) is 0 Å². The predicted octanol–water partition coefficient (Wildman–Crippen LogP) is 4.58. The van der Waals surface area contributed by atoms with Crippen molar-refractivity contribution in [1.82, 2.24) is 4.98 Å². The van der Waals surface area contributed by atoms with Gasteiger partial charge in [0.2, 0.25) is 0 Å². The summed E-state index contributed by atoms with van der Waals surface area (Å²) in [6.07, 6.45) is 0. The minimum atomic E-state index is -1.15. The number of carbonyl (C=O) groups is 1. The molecule has 0 saturated heterocycles. The number of carboxylic acids is 1. The maximum absolute atomic E-state index is 11.9. The smallest absolute Gasteiger partial charge is 0.340 e. The molecule has 3 aromatic rings. The van der Waals surface area contributed by atoms with Crippen LogP contribution in [-0.2, 0) is 5.41 Å². The number of rotatable bonds is 3. The second-order valence-electron chi connectivity index (χ2n) is 6.88. The SMILES string of the molecule is Cc1ccc2c(C(=O)O)c(O)c(C(C)(C)c3ccccc3)nc2c1C. The summed E-state index contributed by atoms with van der Waals surface area (Å²) >= 11 is 0. The molecule has 3 rings (SSSR count). The zero-order valence-electron chi connectivity index (χ0n) is 14.8. The summed E-state index contributed by atoms with van der Waals surface area (Å²) in [6.45, 7) is 7.76. The first-order valence-electron chi connectivity index (χ1n) is 8.17. The van der Waals surface area contributed by atoms with E-state index in [0.717, 1.165) is 16.7 Å².